The molecule has 30 heavy (non-hydrogen) atoms. The molecule has 1 aromatic heterocycles. The van der Waals surface area contributed by atoms with Gasteiger partial charge in [-0.15, -0.1) is 0 Å². The maximum Gasteiger partial charge on any atom is 0.269 e. The summed E-state index contributed by atoms with van der Waals surface area (Å²) in [4.78, 5) is 29.3. The normalized spacial score (nSPS) is 16.3. The van der Waals surface area contributed by atoms with E-state index in [2.05, 4.69) is 10.1 Å². The fraction of sp³-hybridized carbons (Fsp3) is 0.227. The van der Waals surface area contributed by atoms with E-state index in [-0.39, 0.29) is 17.6 Å². The highest BCUT2D eigenvalue weighted by Gasteiger charge is 2.33. The molecule has 1 amide bonds. The molecular weight excluding hydrogens is 384 g/mol. The van der Waals surface area contributed by atoms with Gasteiger partial charge in [-0.1, -0.05) is 28.9 Å². The average molecular weight is 404 g/mol. The highest BCUT2D eigenvalue weighted by Crippen LogP contribution is 2.32. The molecule has 1 saturated heterocycles. The molecule has 8 nitrogen and oxygen atoms in total. The number of likely N-dealkylation sites (tertiary alicyclic amines) is 1. The molecule has 1 fully saturated rings. The third-order valence-electron chi connectivity index (χ3n) is 5.06. The summed E-state index contributed by atoms with van der Waals surface area (Å²) in [7, 11) is 0. The lowest BCUT2D eigenvalue weighted by molar-refractivity contribution is -0.384. The van der Waals surface area contributed by atoms with Crippen molar-refractivity contribution in [2.24, 2.45) is 0 Å². The number of amides is 1. The van der Waals surface area contributed by atoms with Crippen molar-refractivity contribution in [1.82, 2.24) is 15.0 Å². The molecule has 0 N–H and O–H groups in total. The maximum absolute atomic E-state index is 12.7. The van der Waals surface area contributed by atoms with E-state index in [9.17, 15) is 14.9 Å². The number of nitro benzene ring substituents is 1. The van der Waals surface area contributed by atoms with Crippen molar-refractivity contribution in [3.63, 3.8) is 0 Å². The summed E-state index contributed by atoms with van der Waals surface area (Å²) in [6.07, 6.45) is 4.72. The fourth-order valence-electron chi connectivity index (χ4n) is 3.53. The molecule has 0 bridgehead atoms. The van der Waals surface area contributed by atoms with Crippen molar-refractivity contribution in [2.45, 2.75) is 25.8 Å². The van der Waals surface area contributed by atoms with Gasteiger partial charge < -0.3 is 9.42 Å². The van der Waals surface area contributed by atoms with Crippen molar-refractivity contribution < 1.29 is 14.2 Å². The van der Waals surface area contributed by atoms with Crippen LogP contribution in [0.25, 0.3) is 17.5 Å². The minimum absolute atomic E-state index is 0.0129. The minimum atomic E-state index is -0.455. The molecule has 1 aliphatic rings. The van der Waals surface area contributed by atoms with Crippen LogP contribution in [0.15, 0.2) is 59.1 Å². The third kappa shape index (κ3) is 4.12. The van der Waals surface area contributed by atoms with Crippen LogP contribution in [0.5, 0.6) is 0 Å². The van der Waals surface area contributed by atoms with Crippen LogP contribution in [0.2, 0.25) is 0 Å². The minimum Gasteiger partial charge on any atom is -0.337 e. The van der Waals surface area contributed by atoms with Crippen LogP contribution in [-0.4, -0.2) is 32.4 Å². The van der Waals surface area contributed by atoms with Crippen LogP contribution >= 0.6 is 0 Å². The first-order chi connectivity index (χ1) is 14.5. The van der Waals surface area contributed by atoms with E-state index in [4.69, 9.17) is 4.52 Å². The van der Waals surface area contributed by atoms with Crippen LogP contribution < -0.4 is 0 Å². The summed E-state index contributed by atoms with van der Waals surface area (Å²) in [5, 5.41) is 14.8. The SMILES string of the molecule is Cc1cccc(-c2noc(C3CCCN3C(=O)/C=C/c3ccc([N+](=O)[O-])cc3)n2)c1. The number of hydrogen-bond donors (Lipinski definition) is 0. The second kappa shape index (κ2) is 8.28. The molecule has 0 saturated carbocycles. The Balaban J connectivity index is 1.48. The lowest BCUT2D eigenvalue weighted by atomic mass is 10.1. The lowest BCUT2D eigenvalue weighted by Crippen LogP contribution is -2.29. The van der Waals surface area contributed by atoms with E-state index in [1.165, 1.54) is 18.2 Å². The molecule has 1 atom stereocenters. The van der Waals surface area contributed by atoms with Crippen LogP contribution in [-0.2, 0) is 4.79 Å². The van der Waals surface area contributed by atoms with Crippen molar-refractivity contribution in [3.05, 3.63) is 81.7 Å². The van der Waals surface area contributed by atoms with E-state index < -0.39 is 4.92 Å². The summed E-state index contributed by atoms with van der Waals surface area (Å²) < 4.78 is 5.48. The first kappa shape index (κ1) is 19.5. The number of non-ortho nitro benzene ring substituents is 1. The summed E-state index contributed by atoms with van der Waals surface area (Å²) >= 11 is 0. The summed E-state index contributed by atoms with van der Waals surface area (Å²) in [5.41, 5.74) is 2.70. The second-order valence-electron chi connectivity index (χ2n) is 7.20. The molecule has 0 radical (unpaired) electrons. The van der Waals surface area contributed by atoms with Gasteiger partial charge in [-0.25, -0.2) is 0 Å². The quantitative estimate of drug-likeness (QED) is 0.356. The van der Waals surface area contributed by atoms with Gasteiger partial charge in [0.1, 0.15) is 6.04 Å². The Kier molecular flexibility index (Phi) is 5.38. The number of nitrogens with zero attached hydrogens (tertiary/aromatic N) is 4. The van der Waals surface area contributed by atoms with Gasteiger partial charge in [0.15, 0.2) is 0 Å². The first-order valence-electron chi connectivity index (χ1n) is 9.65. The van der Waals surface area contributed by atoms with Crippen LogP contribution in [0.3, 0.4) is 0 Å². The predicted molar refractivity (Wildman–Crippen MR) is 110 cm³/mol. The molecule has 1 unspecified atom stereocenters. The van der Waals surface area contributed by atoms with E-state index in [1.807, 2.05) is 31.2 Å². The molecule has 0 spiro atoms. The Morgan fingerprint density at radius 1 is 1.27 bits per heavy atom. The number of carbonyl (C=O) groups is 1. The van der Waals surface area contributed by atoms with Crippen molar-refractivity contribution in [1.29, 1.82) is 0 Å². The Morgan fingerprint density at radius 2 is 2.07 bits per heavy atom. The van der Waals surface area contributed by atoms with Gasteiger partial charge in [0, 0.05) is 30.3 Å². The molecular formula is C22H20N4O4. The first-order valence-corrected chi connectivity index (χ1v) is 9.65. The topological polar surface area (TPSA) is 102 Å². The smallest absolute Gasteiger partial charge is 0.269 e. The Bertz CT molecular complexity index is 1100. The highest BCUT2D eigenvalue weighted by atomic mass is 16.6. The summed E-state index contributed by atoms with van der Waals surface area (Å²) in [5.74, 6) is 0.779. The zero-order valence-electron chi connectivity index (χ0n) is 16.4. The number of aromatic nitrogens is 2. The van der Waals surface area contributed by atoms with Crippen LogP contribution in [0, 0.1) is 17.0 Å². The number of hydrogen-bond acceptors (Lipinski definition) is 6. The largest absolute Gasteiger partial charge is 0.337 e. The zero-order valence-corrected chi connectivity index (χ0v) is 16.4. The predicted octanol–water partition coefficient (Wildman–Crippen LogP) is 4.33. The van der Waals surface area contributed by atoms with Gasteiger partial charge in [-0.05, 0) is 49.6 Å². The maximum atomic E-state index is 12.7. The van der Waals surface area contributed by atoms with Gasteiger partial charge in [0.05, 0.1) is 4.92 Å². The highest BCUT2D eigenvalue weighted by molar-refractivity contribution is 5.92. The monoisotopic (exact) mass is 404 g/mol. The van der Waals surface area contributed by atoms with Gasteiger partial charge >= 0.3 is 0 Å². The summed E-state index contributed by atoms with van der Waals surface area (Å²) in [6, 6.07) is 13.6. The molecule has 152 valence electrons. The number of carbonyl (C=O) groups excluding carboxylic acids is 1. The molecule has 3 aromatic rings. The number of rotatable bonds is 5. The lowest BCUT2D eigenvalue weighted by Gasteiger charge is -2.20. The van der Waals surface area contributed by atoms with Crippen molar-refractivity contribution in [3.8, 4) is 11.4 Å². The van der Waals surface area contributed by atoms with Gasteiger partial charge in [0.2, 0.25) is 17.6 Å². The van der Waals surface area contributed by atoms with Gasteiger partial charge in [-0.2, -0.15) is 4.98 Å². The molecule has 2 aromatic carbocycles. The number of nitro groups is 1. The zero-order chi connectivity index (χ0) is 21.1. The second-order valence-corrected chi connectivity index (χ2v) is 7.20. The van der Waals surface area contributed by atoms with E-state index in [1.54, 1.807) is 23.1 Å². The Labute approximate surface area is 173 Å². The van der Waals surface area contributed by atoms with E-state index in [0.29, 0.717) is 23.8 Å². The van der Waals surface area contributed by atoms with Gasteiger partial charge in [0.25, 0.3) is 5.69 Å². The molecule has 2 heterocycles. The molecule has 4 rings (SSSR count). The number of aryl methyl sites for hydroxylation is 1. The van der Waals surface area contributed by atoms with Crippen LogP contribution in [0.1, 0.15) is 35.9 Å². The average Bonchev–Trinajstić information content (AvgIpc) is 3.41. The van der Waals surface area contributed by atoms with Crippen molar-refractivity contribution >= 4 is 17.7 Å². The molecule has 0 aliphatic carbocycles. The summed E-state index contributed by atoms with van der Waals surface area (Å²) in [6.45, 7) is 2.61. The standard InChI is InChI=1S/C22H20N4O4/c1-15-4-2-5-17(14-15)21-23-22(30-24-21)19-6-3-13-25(19)20(27)12-9-16-7-10-18(11-8-16)26(28)29/h2,4-5,7-12,14,19H,3,6,13H2,1H3/b12-9+. The van der Waals surface area contributed by atoms with Crippen molar-refractivity contribution in [2.75, 3.05) is 6.54 Å². The Morgan fingerprint density at radius 3 is 2.80 bits per heavy atom. The third-order valence-corrected chi connectivity index (χ3v) is 5.06. The van der Waals surface area contributed by atoms with Gasteiger partial charge in [-0.3, -0.25) is 14.9 Å². The fourth-order valence-corrected chi connectivity index (χ4v) is 3.53. The van der Waals surface area contributed by atoms with E-state index >= 15 is 0 Å². The van der Waals surface area contributed by atoms with Crippen LogP contribution in [0.4, 0.5) is 5.69 Å². The van der Waals surface area contributed by atoms with E-state index in [0.717, 1.165) is 24.0 Å². The molecule has 8 heteroatoms. The molecule has 1 aliphatic heterocycles. The number of benzene rings is 2. The Hall–Kier alpha value is -3.81.